The van der Waals surface area contributed by atoms with Gasteiger partial charge in [0.25, 0.3) is 0 Å². The second kappa shape index (κ2) is 8.71. The summed E-state index contributed by atoms with van der Waals surface area (Å²) in [6.45, 7) is 6.18. The lowest BCUT2D eigenvalue weighted by Gasteiger charge is -2.28. The third-order valence-corrected chi connectivity index (χ3v) is 5.77. The molecule has 2 aromatic carbocycles. The molecular weight excluding hydrogens is 344 g/mol. The zero-order chi connectivity index (χ0) is 18.5. The van der Waals surface area contributed by atoms with Crippen LogP contribution >= 0.6 is 11.8 Å². The van der Waals surface area contributed by atoms with Crippen LogP contribution in [0.1, 0.15) is 24.0 Å². The summed E-state index contributed by atoms with van der Waals surface area (Å²) in [6, 6.07) is 14.4. The van der Waals surface area contributed by atoms with Crippen LogP contribution in [0.2, 0.25) is 0 Å². The van der Waals surface area contributed by atoms with Crippen molar-refractivity contribution in [2.75, 3.05) is 25.0 Å². The van der Waals surface area contributed by atoms with Crippen molar-refractivity contribution in [3.05, 3.63) is 53.6 Å². The molecule has 2 aromatic rings. The maximum Gasteiger partial charge on any atom is 0.238 e. The number of nitrogens with one attached hydrogen (secondary N) is 1. The second-order valence-corrected chi connectivity index (χ2v) is 8.07. The van der Waals surface area contributed by atoms with Crippen LogP contribution in [-0.4, -0.2) is 41.7 Å². The van der Waals surface area contributed by atoms with Crippen LogP contribution in [0.5, 0.6) is 0 Å². The van der Waals surface area contributed by atoms with E-state index in [0.29, 0.717) is 6.54 Å². The lowest BCUT2D eigenvalue weighted by atomic mass is 10.1. The predicted molar refractivity (Wildman–Crippen MR) is 107 cm³/mol. The van der Waals surface area contributed by atoms with E-state index in [2.05, 4.69) is 42.3 Å². The second-order valence-electron chi connectivity index (χ2n) is 6.93. The highest BCUT2D eigenvalue weighted by molar-refractivity contribution is 7.99. The minimum absolute atomic E-state index is 0.00375. The van der Waals surface area contributed by atoms with E-state index in [4.69, 9.17) is 0 Å². The molecule has 1 aliphatic heterocycles. The maximum atomic E-state index is 12.2. The first kappa shape index (κ1) is 19.0. The van der Waals surface area contributed by atoms with Gasteiger partial charge in [-0.15, -0.1) is 0 Å². The fourth-order valence-corrected chi connectivity index (χ4v) is 3.92. The Morgan fingerprint density at radius 1 is 1.08 bits per heavy atom. The number of aliphatic hydroxyl groups excluding tert-OH is 1. The van der Waals surface area contributed by atoms with Crippen LogP contribution in [0.15, 0.2) is 52.3 Å². The molecule has 1 fully saturated rings. The highest BCUT2D eigenvalue weighted by Crippen LogP contribution is 2.29. The molecule has 5 heteroatoms. The summed E-state index contributed by atoms with van der Waals surface area (Å²) in [7, 11) is 0. The molecule has 138 valence electrons. The van der Waals surface area contributed by atoms with E-state index in [1.807, 2.05) is 24.3 Å². The van der Waals surface area contributed by atoms with E-state index in [-0.39, 0.29) is 12.0 Å². The number of benzene rings is 2. The van der Waals surface area contributed by atoms with Crippen molar-refractivity contribution in [3.8, 4) is 0 Å². The van der Waals surface area contributed by atoms with Gasteiger partial charge in [0.15, 0.2) is 0 Å². The third-order valence-electron chi connectivity index (χ3n) is 4.78. The topological polar surface area (TPSA) is 52.6 Å². The van der Waals surface area contributed by atoms with Crippen LogP contribution < -0.4 is 5.32 Å². The lowest BCUT2D eigenvalue weighted by Crippen LogP contribution is -2.40. The number of anilines is 1. The summed E-state index contributed by atoms with van der Waals surface area (Å²) in [6.07, 6.45) is 1.28. The number of aliphatic hydroxyl groups is 1. The number of hydrogen-bond donors (Lipinski definition) is 2. The Bertz CT molecular complexity index is 753. The molecule has 1 heterocycles. The molecule has 0 unspecified atom stereocenters. The summed E-state index contributed by atoms with van der Waals surface area (Å²) in [5, 5.41) is 12.5. The van der Waals surface area contributed by atoms with E-state index in [1.54, 1.807) is 11.8 Å². The van der Waals surface area contributed by atoms with Crippen molar-refractivity contribution < 1.29 is 9.90 Å². The van der Waals surface area contributed by atoms with Gasteiger partial charge in [0, 0.05) is 28.6 Å². The monoisotopic (exact) mass is 370 g/mol. The van der Waals surface area contributed by atoms with E-state index in [9.17, 15) is 9.90 Å². The molecule has 0 saturated carbocycles. The first-order valence-corrected chi connectivity index (χ1v) is 9.87. The number of piperidine rings is 1. The number of nitrogens with zero attached hydrogens (tertiary/aromatic N) is 1. The lowest BCUT2D eigenvalue weighted by molar-refractivity contribution is -0.117. The zero-order valence-electron chi connectivity index (χ0n) is 15.4. The zero-order valence-corrected chi connectivity index (χ0v) is 16.2. The van der Waals surface area contributed by atoms with Gasteiger partial charge in [0.05, 0.1) is 12.6 Å². The van der Waals surface area contributed by atoms with Crippen molar-refractivity contribution >= 4 is 23.4 Å². The summed E-state index contributed by atoms with van der Waals surface area (Å²) in [5.74, 6) is -0.00375. The Hall–Kier alpha value is -1.82. The fourth-order valence-electron chi connectivity index (χ4n) is 3.00. The Kier molecular flexibility index (Phi) is 6.35. The van der Waals surface area contributed by atoms with Gasteiger partial charge >= 0.3 is 0 Å². The van der Waals surface area contributed by atoms with Gasteiger partial charge in [-0.25, -0.2) is 0 Å². The smallest absolute Gasteiger partial charge is 0.238 e. The van der Waals surface area contributed by atoms with E-state index in [0.717, 1.165) is 36.5 Å². The van der Waals surface area contributed by atoms with Crippen molar-refractivity contribution in [2.24, 2.45) is 0 Å². The SMILES string of the molecule is Cc1ccc(Sc2ccc(NC(=O)CN3CCC(O)CC3)cc2)cc1C. The van der Waals surface area contributed by atoms with Crippen LogP contribution in [0.25, 0.3) is 0 Å². The Morgan fingerprint density at radius 3 is 2.38 bits per heavy atom. The van der Waals surface area contributed by atoms with Gasteiger partial charge in [-0.05, 0) is 74.2 Å². The van der Waals surface area contributed by atoms with Gasteiger partial charge < -0.3 is 10.4 Å². The first-order chi connectivity index (χ1) is 12.5. The predicted octanol–water partition coefficient (Wildman–Crippen LogP) is 3.85. The third kappa shape index (κ3) is 5.34. The molecule has 0 spiro atoms. The van der Waals surface area contributed by atoms with Crippen molar-refractivity contribution in [2.45, 2.75) is 42.6 Å². The van der Waals surface area contributed by atoms with Gasteiger partial charge in [0.1, 0.15) is 0 Å². The average Bonchev–Trinajstić information content (AvgIpc) is 2.62. The Labute approximate surface area is 159 Å². The molecular formula is C21H26N2O2S. The van der Waals surface area contributed by atoms with Crippen LogP contribution in [0.3, 0.4) is 0 Å². The summed E-state index contributed by atoms with van der Waals surface area (Å²) in [4.78, 5) is 16.6. The molecule has 1 amide bonds. The highest BCUT2D eigenvalue weighted by atomic mass is 32.2. The minimum Gasteiger partial charge on any atom is -0.393 e. The summed E-state index contributed by atoms with van der Waals surface area (Å²) < 4.78 is 0. The molecule has 0 bridgehead atoms. The molecule has 2 N–H and O–H groups in total. The van der Waals surface area contributed by atoms with Crippen LogP contribution in [0.4, 0.5) is 5.69 Å². The van der Waals surface area contributed by atoms with Crippen molar-refractivity contribution in [1.82, 2.24) is 4.90 Å². The molecule has 1 saturated heterocycles. The van der Waals surface area contributed by atoms with Crippen LogP contribution in [0, 0.1) is 13.8 Å². The number of amides is 1. The molecule has 0 atom stereocenters. The van der Waals surface area contributed by atoms with Crippen LogP contribution in [-0.2, 0) is 4.79 Å². The molecule has 0 aromatic heterocycles. The first-order valence-electron chi connectivity index (χ1n) is 9.05. The number of carbonyl (C=O) groups is 1. The molecule has 0 aliphatic carbocycles. The van der Waals surface area contributed by atoms with Gasteiger partial charge in [-0.2, -0.15) is 0 Å². The number of aryl methyl sites for hydroxylation is 2. The molecule has 3 rings (SSSR count). The summed E-state index contributed by atoms with van der Waals surface area (Å²) in [5.41, 5.74) is 3.41. The summed E-state index contributed by atoms with van der Waals surface area (Å²) >= 11 is 1.72. The molecule has 26 heavy (non-hydrogen) atoms. The minimum atomic E-state index is -0.211. The fraction of sp³-hybridized carbons (Fsp3) is 0.381. The molecule has 1 aliphatic rings. The number of likely N-dealkylation sites (tertiary alicyclic amines) is 1. The van der Waals surface area contributed by atoms with E-state index in [1.165, 1.54) is 16.0 Å². The Morgan fingerprint density at radius 2 is 1.73 bits per heavy atom. The normalized spacial score (nSPS) is 15.8. The van der Waals surface area contributed by atoms with Crippen molar-refractivity contribution in [3.63, 3.8) is 0 Å². The molecule has 4 nitrogen and oxygen atoms in total. The Balaban J connectivity index is 1.52. The maximum absolute atomic E-state index is 12.2. The van der Waals surface area contributed by atoms with Gasteiger partial charge in [-0.1, -0.05) is 17.8 Å². The standard InChI is InChI=1S/C21H26N2O2S/c1-15-3-6-20(13-16(15)2)26-19-7-4-17(5-8-19)22-21(25)14-23-11-9-18(24)10-12-23/h3-8,13,18,24H,9-12,14H2,1-2H3,(H,22,25). The van der Waals surface area contributed by atoms with Crippen molar-refractivity contribution in [1.29, 1.82) is 0 Å². The molecule has 0 radical (unpaired) electrons. The number of carbonyl (C=O) groups excluding carboxylic acids is 1. The van der Waals surface area contributed by atoms with Gasteiger partial charge in [0.2, 0.25) is 5.91 Å². The van der Waals surface area contributed by atoms with Gasteiger partial charge in [-0.3, -0.25) is 9.69 Å². The average molecular weight is 371 g/mol. The number of rotatable bonds is 5. The highest BCUT2D eigenvalue weighted by Gasteiger charge is 2.18. The number of hydrogen-bond acceptors (Lipinski definition) is 4. The quantitative estimate of drug-likeness (QED) is 0.839. The largest absolute Gasteiger partial charge is 0.393 e. The van der Waals surface area contributed by atoms with E-state index >= 15 is 0 Å². The van der Waals surface area contributed by atoms with E-state index < -0.39 is 0 Å².